The summed E-state index contributed by atoms with van der Waals surface area (Å²) >= 11 is 1.76. The van der Waals surface area contributed by atoms with Gasteiger partial charge in [-0.2, -0.15) is 0 Å². The smallest absolute Gasteiger partial charge is 0.224 e. The average Bonchev–Trinajstić information content (AvgIpc) is 2.66. The summed E-state index contributed by atoms with van der Waals surface area (Å²) in [6, 6.07) is 9.37. The van der Waals surface area contributed by atoms with Crippen molar-refractivity contribution in [2.24, 2.45) is 0 Å². The Hall–Kier alpha value is -1.79. The summed E-state index contributed by atoms with van der Waals surface area (Å²) in [5, 5.41) is 11.0. The van der Waals surface area contributed by atoms with Crippen LogP contribution >= 0.6 is 11.8 Å². The van der Waals surface area contributed by atoms with Crippen molar-refractivity contribution in [3.8, 4) is 5.75 Å². The van der Waals surface area contributed by atoms with Crippen molar-refractivity contribution in [1.29, 1.82) is 0 Å². The molecular weight excluding hydrogens is 346 g/mol. The van der Waals surface area contributed by atoms with Gasteiger partial charge in [0, 0.05) is 24.1 Å². The van der Waals surface area contributed by atoms with E-state index in [-0.39, 0.29) is 17.0 Å². The van der Waals surface area contributed by atoms with Crippen LogP contribution < -0.4 is 0 Å². The normalized spacial score (nSPS) is 18.0. The lowest BCUT2D eigenvalue weighted by Gasteiger charge is -2.35. The standard InChI is InChI=1S/C20H27N3O2S/c1-3-22(4-2)12-6-13-23-18(25)11-14-26-20(23)16-10-9-15-7-5-8-17(24)19(15)21-16/h5,7-10,20,24H,3-4,6,11-14H2,1-2H3. The van der Waals surface area contributed by atoms with Gasteiger partial charge in [-0.15, -0.1) is 11.8 Å². The van der Waals surface area contributed by atoms with Crippen LogP contribution in [0.25, 0.3) is 10.9 Å². The second kappa shape index (κ2) is 8.73. The molecule has 0 aliphatic carbocycles. The van der Waals surface area contributed by atoms with Crippen LogP contribution in [0.2, 0.25) is 0 Å². The van der Waals surface area contributed by atoms with E-state index in [1.807, 2.05) is 29.2 Å². The van der Waals surface area contributed by atoms with E-state index >= 15 is 0 Å². The number of phenols is 1. The van der Waals surface area contributed by atoms with Gasteiger partial charge < -0.3 is 14.9 Å². The number of amides is 1. The fraction of sp³-hybridized carbons (Fsp3) is 0.500. The van der Waals surface area contributed by atoms with Crippen LogP contribution in [0.5, 0.6) is 5.75 Å². The average molecular weight is 374 g/mol. The zero-order valence-electron chi connectivity index (χ0n) is 15.5. The van der Waals surface area contributed by atoms with Crippen molar-refractivity contribution in [1.82, 2.24) is 14.8 Å². The third-order valence-electron chi connectivity index (χ3n) is 4.94. The highest BCUT2D eigenvalue weighted by molar-refractivity contribution is 7.99. The fourth-order valence-corrected chi connectivity index (χ4v) is 4.62. The van der Waals surface area contributed by atoms with Gasteiger partial charge in [0.25, 0.3) is 0 Å². The van der Waals surface area contributed by atoms with Crippen LogP contribution in [0.15, 0.2) is 30.3 Å². The summed E-state index contributed by atoms with van der Waals surface area (Å²) in [6.07, 6.45) is 1.55. The van der Waals surface area contributed by atoms with Crippen molar-refractivity contribution < 1.29 is 9.90 Å². The Labute approximate surface area is 159 Å². The van der Waals surface area contributed by atoms with Gasteiger partial charge in [-0.3, -0.25) is 4.79 Å². The number of pyridine rings is 1. The molecule has 1 aliphatic rings. The summed E-state index contributed by atoms with van der Waals surface area (Å²) in [7, 11) is 0. The number of benzene rings is 1. The van der Waals surface area contributed by atoms with E-state index in [9.17, 15) is 9.90 Å². The molecule has 1 unspecified atom stereocenters. The van der Waals surface area contributed by atoms with Crippen LogP contribution in [-0.4, -0.2) is 57.7 Å². The molecule has 26 heavy (non-hydrogen) atoms. The molecule has 1 saturated heterocycles. The minimum Gasteiger partial charge on any atom is -0.506 e. The third kappa shape index (κ3) is 4.13. The minimum absolute atomic E-state index is 0.0723. The van der Waals surface area contributed by atoms with Gasteiger partial charge in [-0.25, -0.2) is 4.98 Å². The SMILES string of the molecule is CCN(CC)CCCN1C(=O)CCSC1c1ccc2cccc(O)c2n1. The Morgan fingerprint density at radius 1 is 1.27 bits per heavy atom. The molecular formula is C20H27N3O2S. The first-order valence-corrected chi connectivity index (χ1v) is 10.4. The van der Waals surface area contributed by atoms with E-state index in [1.54, 1.807) is 17.8 Å². The number of aromatic nitrogens is 1. The number of para-hydroxylation sites is 1. The van der Waals surface area contributed by atoms with E-state index in [2.05, 4.69) is 23.7 Å². The van der Waals surface area contributed by atoms with Gasteiger partial charge in [0.2, 0.25) is 5.91 Å². The van der Waals surface area contributed by atoms with Crippen LogP contribution in [0.4, 0.5) is 0 Å². The number of rotatable bonds is 7. The lowest BCUT2D eigenvalue weighted by atomic mass is 10.1. The Morgan fingerprint density at radius 3 is 2.85 bits per heavy atom. The summed E-state index contributed by atoms with van der Waals surface area (Å²) < 4.78 is 0. The van der Waals surface area contributed by atoms with E-state index in [1.165, 1.54) is 0 Å². The Morgan fingerprint density at radius 2 is 2.08 bits per heavy atom. The van der Waals surface area contributed by atoms with Crippen molar-refractivity contribution in [3.63, 3.8) is 0 Å². The molecule has 0 radical (unpaired) electrons. The van der Waals surface area contributed by atoms with E-state index in [0.717, 1.165) is 49.4 Å². The Bertz CT molecular complexity index is 764. The molecule has 1 atom stereocenters. The molecule has 6 heteroatoms. The van der Waals surface area contributed by atoms with Gasteiger partial charge in [0.15, 0.2) is 0 Å². The van der Waals surface area contributed by atoms with Gasteiger partial charge >= 0.3 is 0 Å². The third-order valence-corrected chi connectivity index (χ3v) is 6.19. The topological polar surface area (TPSA) is 56.7 Å². The first-order chi connectivity index (χ1) is 12.6. The number of fused-ring (bicyclic) bond motifs is 1. The maximum atomic E-state index is 12.5. The van der Waals surface area contributed by atoms with Gasteiger partial charge in [-0.05, 0) is 38.2 Å². The molecule has 1 fully saturated rings. The summed E-state index contributed by atoms with van der Waals surface area (Å²) in [5.74, 6) is 1.20. The number of phenolic OH excluding ortho intramolecular Hbond substituents is 1. The number of aromatic hydroxyl groups is 1. The number of hydrogen-bond acceptors (Lipinski definition) is 5. The van der Waals surface area contributed by atoms with E-state index in [4.69, 9.17) is 0 Å². The molecule has 1 amide bonds. The second-order valence-corrected chi connectivity index (χ2v) is 7.71. The Kier molecular flexibility index (Phi) is 6.38. The molecule has 0 spiro atoms. The molecule has 5 nitrogen and oxygen atoms in total. The van der Waals surface area contributed by atoms with Gasteiger partial charge in [-0.1, -0.05) is 32.0 Å². The van der Waals surface area contributed by atoms with Crippen molar-refractivity contribution >= 4 is 28.6 Å². The summed E-state index contributed by atoms with van der Waals surface area (Å²) in [5.41, 5.74) is 1.45. The van der Waals surface area contributed by atoms with E-state index in [0.29, 0.717) is 11.9 Å². The van der Waals surface area contributed by atoms with Crippen molar-refractivity contribution in [3.05, 3.63) is 36.0 Å². The number of carbonyl (C=O) groups excluding carboxylic acids is 1. The predicted octanol–water partition coefficient (Wildman–Crippen LogP) is 3.64. The lowest BCUT2D eigenvalue weighted by molar-refractivity contribution is -0.132. The molecule has 2 aromatic rings. The van der Waals surface area contributed by atoms with E-state index < -0.39 is 0 Å². The number of carbonyl (C=O) groups is 1. The maximum Gasteiger partial charge on any atom is 0.224 e. The largest absolute Gasteiger partial charge is 0.506 e. The highest BCUT2D eigenvalue weighted by atomic mass is 32.2. The quantitative estimate of drug-likeness (QED) is 0.803. The predicted molar refractivity (Wildman–Crippen MR) is 107 cm³/mol. The Balaban J connectivity index is 1.79. The number of hydrogen-bond donors (Lipinski definition) is 1. The summed E-state index contributed by atoms with van der Waals surface area (Å²) in [4.78, 5) is 21.6. The molecule has 0 saturated carbocycles. The van der Waals surface area contributed by atoms with Crippen LogP contribution in [0.1, 0.15) is 37.8 Å². The van der Waals surface area contributed by atoms with Gasteiger partial charge in [0.1, 0.15) is 16.6 Å². The monoisotopic (exact) mass is 373 g/mol. The minimum atomic E-state index is -0.0723. The van der Waals surface area contributed by atoms with Crippen LogP contribution in [-0.2, 0) is 4.79 Å². The molecule has 0 bridgehead atoms. The first kappa shape index (κ1) is 19.0. The summed E-state index contributed by atoms with van der Waals surface area (Å²) in [6.45, 7) is 8.15. The molecule has 1 aromatic carbocycles. The zero-order valence-corrected chi connectivity index (χ0v) is 16.3. The fourth-order valence-electron chi connectivity index (χ4n) is 3.40. The molecule has 1 N–H and O–H groups in total. The molecule has 3 rings (SSSR count). The molecule has 140 valence electrons. The number of nitrogens with zero attached hydrogens (tertiary/aromatic N) is 3. The number of thioether (sulfide) groups is 1. The van der Waals surface area contributed by atoms with Crippen LogP contribution in [0.3, 0.4) is 0 Å². The van der Waals surface area contributed by atoms with Crippen molar-refractivity contribution in [2.45, 2.75) is 32.1 Å². The highest BCUT2D eigenvalue weighted by Gasteiger charge is 2.30. The lowest BCUT2D eigenvalue weighted by Crippen LogP contribution is -2.39. The molecule has 1 aliphatic heterocycles. The van der Waals surface area contributed by atoms with Crippen LogP contribution in [0, 0.1) is 0 Å². The maximum absolute atomic E-state index is 12.5. The highest BCUT2D eigenvalue weighted by Crippen LogP contribution is 2.37. The first-order valence-electron chi connectivity index (χ1n) is 9.36. The second-order valence-electron chi connectivity index (χ2n) is 6.53. The molecule has 1 aromatic heterocycles. The zero-order chi connectivity index (χ0) is 18.5. The van der Waals surface area contributed by atoms with Crippen molar-refractivity contribution in [2.75, 3.05) is 31.9 Å². The molecule has 2 heterocycles. The van der Waals surface area contributed by atoms with Gasteiger partial charge in [0.05, 0.1) is 5.69 Å².